The number of methoxy groups -OCH3 is 1. The second-order valence-electron chi connectivity index (χ2n) is 6.49. The number of carbonyl (C=O) groups excluding carboxylic acids is 1. The van der Waals surface area contributed by atoms with E-state index < -0.39 is 6.10 Å². The Morgan fingerprint density at radius 3 is 2.64 bits per heavy atom. The largest absolute Gasteiger partial charge is 0.491 e. The first-order valence-corrected chi connectivity index (χ1v) is 8.86. The molecule has 0 saturated carbocycles. The van der Waals surface area contributed by atoms with Gasteiger partial charge in [-0.1, -0.05) is 13.8 Å². The van der Waals surface area contributed by atoms with Crippen LogP contribution in [0.2, 0.25) is 0 Å². The van der Waals surface area contributed by atoms with Gasteiger partial charge in [0.15, 0.2) is 0 Å². The summed E-state index contributed by atoms with van der Waals surface area (Å²) in [4.78, 5) is 12.5. The Hall–Kier alpha value is -1.63. The number of hydrogen-bond acceptors (Lipinski definition) is 5. The van der Waals surface area contributed by atoms with E-state index in [0.717, 1.165) is 30.9 Å². The first-order valence-electron chi connectivity index (χ1n) is 8.86. The third kappa shape index (κ3) is 6.65. The van der Waals surface area contributed by atoms with E-state index >= 15 is 0 Å². The monoisotopic (exact) mass is 351 g/mol. The van der Waals surface area contributed by atoms with Crippen molar-refractivity contribution in [3.05, 3.63) is 24.3 Å². The molecule has 1 fully saturated rings. The number of rotatable bonds is 10. The van der Waals surface area contributed by atoms with E-state index in [1.54, 1.807) is 7.11 Å². The Balaban J connectivity index is 1.84. The zero-order chi connectivity index (χ0) is 18.1. The third-order valence-electron chi connectivity index (χ3n) is 4.03. The van der Waals surface area contributed by atoms with E-state index in [4.69, 9.17) is 18.9 Å². The Labute approximate surface area is 149 Å². The van der Waals surface area contributed by atoms with Crippen LogP contribution in [-0.2, 0) is 19.0 Å². The van der Waals surface area contributed by atoms with Crippen molar-refractivity contribution in [3.8, 4) is 5.75 Å². The number of ether oxygens (including phenoxy) is 4. The summed E-state index contributed by atoms with van der Waals surface area (Å²) in [6.45, 7) is 6.23. The highest BCUT2D eigenvalue weighted by Crippen LogP contribution is 2.19. The van der Waals surface area contributed by atoms with Crippen LogP contribution in [0.25, 0.3) is 0 Å². The summed E-state index contributed by atoms with van der Waals surface area (Å²) in [5.74, 6) is 0.684. The summed E-state index contributed by atoms with van der Waals surface area (Å²) in [7, 11) is 1.63. The molecule has 0 unspecified atom stereocenters. The van der Waals surface area contributed by atoms with Crippen LogP contribution in [0.1, 0.15) is 26.7 Å². The van der Waals surface area contributed by atoms with Crippen molar-refractivity contribution in [2.45, 2.75) is 38.9 Å². The molecule has 2 rings (SSSR count). The van der Waals surface area contributed by atoms with Gasteiger partial charge in [-0.2, -0.15) is 0 Å². The van der Waals surface area contributed by atoms with Crippen molar-refractivity contribution < 1.29 is 23.7 Å². The third-order valence-corrected chi connectivity index (χ3v) is 4.03. The molecule has 1 aliphatic heterocycles. The van der Waals surface area contributed by atoms with Crippen molar-refractivity contribution >= 4 is 11.6 Å². The minimum absolute atomic E-state index is 0.0815. The number of amides is 1. The van der Waals surface area contributed by atoms with E-state index in [1.165, 1.54) is 0 Å². The van der Waals surface area contributed by atoms with Gasteiger partial charge in [0.05, 0.1) is 19.3 Å². The zero-order valence-electron chi connectivity index (χ0n) is 15.3. The molecular weight excluding hydrogens is 322 g/mol. The highest BCUT2D eigenvalue weighted by molar-refractivity contribution is 5.94. The average molecular weight is 351 g/mol. The summed E-state index contributed by atoms with van der Waals surface area (Å²) in [6.07, 6.45) is 1.67. The zero-order valence-corrected chi connectivity index (χ0v) is 15.3. The molecule has 1 N–H and O–H groups in total. The second-order valence-corrected chi connectivity index (χ2v) is 6.49. The summed E-state index contributed by atoms with van der Waals surface area (Å²) in [5.41, 5.74) is 0.718. The SMILES string of the molecule is COCCOc1ccc(NC(=O)[C@H](OC[C@@H]2CCCO2)C(C)C)cc1. The summed E-state index contributed by atoms with van der Waals surface area (Å²) < 4.78 is 21.8. The van der Waals surface area contributed by atoms with Crippen molar-refractivity contribution in [1.82, 2.24) is 0 Å². The summed E-state index contributed by atoms with van der Waals surface area (Å²) in [5, 5.41) is 2.91. The molecule has 0 radical (unpaired) electrons. The molecule has 1 aliphatic rings. The highest BCUT2D eigenvalue weighted by atomic mass is 16.5. The van der Waals surface area contributed by atoms with Crippen LogP contribution in [0, 0.1) is 5.92 Å². The first-order chi connectivity index (χ1) is 12.1. The van der Waals surface area contributed by atoms with Gasteiger partial charge in [-0.15, -0.1) is 0 Å². The molecule has 1 heterocycles. The summed E-state index contributed by atoms with van der Waals surface area (Å²) in [6, 6.07) is 7.28. The molecule has 0 spiro atoms. The quantitative estimate of drug-likeness (QED) is 0.657. The molecule has 2 atom stereocenters. The molecule has 140 valence electrons. The van der Waals surface area contributed by atoms with E-state index in [2.05, 4.69) is 5.32 Å². The van der Waals surface area contributed by atoms with Crippen molar-refractivity contribution in [3.63, 3.8) is 0 Å². The first kappa shape index (κ1) is 19.7. The fraction of sp³-hybridized carbons (Fsp3) is 0.632. The Kier molecular flexibility index (Phi) is 8.18. The van der Waals surface area contributed by atoms with Crippen LogP contribution in [0.3, 0.4) is 0 Å². The topological polar surface area (TPSA) is 66.0 Å². The number of carbonyl (C=O) groups is 1. The fourth-order valence-corrected chi connectivity index (χ4v) is 2.65. The van der Waals surface area contributed by atoms with E-state index in [0.29, 0.717) is 19.8 Å². The minimum atomic E-state index is -0.498. The lowest BCUT2D eigenvalue weighted by molar-refractivity contribution is -0.132. The van der Waals surface area contributed by atoms with Gasteiger partial charge in [-0.3, -0.25) is 4.79 Å². The van der Waals surface area contributed by atoms with E-state index in [-0.39, 0.29) is 17.9 Å². The Morgan fingerprint density at radius 2 is 2.04 bits per heavy atom. The Bertz CT molecular complexity index is 511. The standard InChI is InChI=1S/C19H29NO5/c1-14(2)18(25-13-17-5-4-10-23-17)19(21)20-15-6-8-16(9-7-15)24-12-11-22-3/h6-9,14,17-18H,4-5,10-13H2,1-3H3,(H,20,21)/t17-,18+/m0/s1. The van der Waals surface area contributed by atoms with Crippen molar-refractivity contribution in [1.29, 1.82) is 0 Å². The van der Waals surface area contributed by atoms with E-state index in [1.807, 2.05) is 38.1 Å². The van der Waals surface area contributed by atoms with Gasteiger partial charge in [-0.25, -0.2) is 0 Å². The van der Waals surface area contributed by atoms with Crippen LogP contribution in [0.15, 0.2) is 24.3 Å². The summed E-state index contributed by atoms with van der Waals surface area (Å²) >= 11 is 0. The molecule has 0 bridgehead atoms. The Morgan fingerprint density at radius 1 is 1.28 bits per heavy atom. The van der Waals surface area contributed by atoms with Gasteiger partial charge in [0.2, 0.25) is 0 Å². The molecule has 25 heavy (non-hydrogen) atoms. The maximum absolute atomic E-state index is 12.5. The molecule has 0 aliphatic carbocycles. The molecule has 1 aromatic rings. The van der Waals surface area contributed by atoms with Gasteiger partial charge < -0.3 is 24.3 Å². The van der Waals surface area contributed by atoms with Crippen LogP contribution >= 0.6 is 0 Å². The van der Waals surface area contributed by atoms with Gasteiger partial charge in [0.25, 0.3) is 5.91 Å². The number of hydrogen-bond donors (Lipinski definition) is 1. The molecule has 1 aromatic carbocycles. The highest BCUT2D eigenvalue weighted by Gasteiger charge is 2.25. The van der Waals surface area contributed by atoms with E-state index in [9.17, 15) is 4.79 Å². The number of anilines is 1. The minimum Gasteiger partial charge on any atom is -0.491 e. The smallest absolute Gasteiger partial charge is 0.253 e. The predicted octanol–water partition coefficient (Wildman–Crippen LogP) is 2.87. The molecular formula is C19H29NO5. The van der Waals surface area contributed by atoms with Gasteiger partial charge in [-0.05, 0) is 43.0 Å². The lowest BCUT2D eigenvalue weighted by Crippen LogP contribution is -2.36. The molecule has 1 amide bonds. The second kappa shape index (κ2) is 10.4. The van der Waals surface area contributed by atoms with Gasteiger partial charge >= 0.3 is 0 Å². The number of benzene rings is 1. The van der Waals surface area contributed by atoms with Crippen LogP contribution in [-0.4, -0.2) is 51.7 Å². The predicted molar refractivity (Wildman–Crippen MR) is 96.0 cm³/mol. The maximum atomic E-state index is 12.5. The van der Waals surface area contributed by atoms with Crippen LogP contribution in [0.4, 0.5) is 5.69 Å². The lowest BCUT2D eigenvalue weighted by Gasteiger charge is -2.22. The molecule has 6 heteroatoms. The van der Waals surface area contributed by atoms with Gasteiger partial charge in [0, 0.05) is 19.4 Å². The van der Waals surface area contributed by atoms with Gasteiger partial charge in [0.1, 0.15) is 18.5 Å². The fourth-order valence-electron chi connectivity index (χ4n) is 2.65. The number of nitrogens with one attached hydrogen (secondary N) is 1. The van der Waals surface area contributed by atoms with Crippen LogP contribution in [0.5, 0.6) is 5.75 Å². The lowest BCUT2D eigenvalue weighted by atomic mass is 10.1. The molecule has 1 saturated heterocycles. The van der Waals surface area contributed by atoms with Crippen molar-refractivity contribution in [2.75, 3.05) is 38.9 Å². The normalized spacial score (nSPS) is 18.3. The molecule has 6 nitrogen and oxygen atoms in total. The van der Waals surface area contributed by atoms with Crippen molar-refractivity contribution in [2.24, 2.45) is 5.92 Å². The average Bonchev–Trinajstić information content (AvgIpc) is 3.10. The van der Waals surface area contributed by atoms with Crippen LogP contribution < -0.4 is 10.1 Å². The maximum Gasteiger partial charge on any atom is 0.253 e. The molecule has 0 aromatic heterocycles.